The normalized spacial score (nSPS) is 10.5. The zero-order valence-corrected chi connectivity index (χ0v) is 10.6. The Morgan fingerprint density at radius 3 is 1.09 bits per heavy atom. The molecule has 0 fully saturated rings. The topological polar surface area (TPSA) is 155 Å². The third kappa shape index (κ3) is 1190. The second kappa shape index (κ2) is 6.37. The molecular weight excluding hydrogens is 419 g/mol. The predicted molar refractivity (Wildman–Crippen MR) is 22.0 cm³/mol. The fourth-order valence-electron chi connectivity index (χ4n) is 0. The zero-order valence-electron chi connectivity index (χ0n) is 4.66. The molecule has 0 saturated carbocycles. The quantitative estimate of drug-likeness (QED) is 0.237. The van der Waals surface area contributed by atoms with Gasteiger partial charge in [0.2, 0.25) is 0 Å². The molecule has 0 aliphatic rings. The molecular formula is H2CrO8PbS. The van der Waals surface area contributed by atoms with Crippen LogP contribution >= 0.6 is 0 Å². The van der Waals surface area contributed by atoms with E-state index in [1.165, 1.54) is 0 Å². The molecule has 8 nitrogen and oxygen atoms in total. The second-order valence-corrected chi connectivity index (χ2v) is 3.07. The molecule has 0 aromatic heterocycles. The minimum absolute atomic E-state index is 0. The summed E-state index contributed by atoms with van der Waals surface area (Å²) in [5.41, 5.74) is 0. The average molecular weight is 421 g/mol. The van der Waals surface area contributed by atoms with Crippen LogP contribution in [0, 0.1) is 0 Å². The molecule has 0 rings (SSSR count). The maximum absolute atomic E-state index is 8.82. The largest absolute Gasteiger partial charge is 2.00 e. The summed E-state index contributed by atoms with van der Waals surface area (Å²) in [5.74, 6) is 0. The summed E-state index contributed by atoms with van der Waals surface area (Å²) < 4.78 is 66.0. The van der Waals surface area contributed by atoms with E-state index in [9.17, 15) is 0 Å². The van der Waals surface area contributed by atoms with Gasteiger partial charge in [-0.15, -0.1) is 0 Å². The van der Waals surface area contributed by atoms with E-state index in [4.69, 9.17) is 33.4 Å². The van der Waals surface area contributed by atoms with Gasteiger partial charge in [-0.25, -0.2) is 0 Å². The van der Waals surface area contributed by atoms with Crippen LogP contribution < -0.4 is 0 Å². The van der Waals surface area contributed by atoms with Gasteiger partial charge in [-0.2, -0.15) is 0 Å². The van der Waals surface area contributed by atoms with Crippen molar-refractivity contribution in [1.82, 2.24) is 0 Å². The summed E-state index contributed by atoms with van der Waals surface area (Å²) >= 11 is -5.25. The Morgan fingerprint density at radius 1 is 1.09 bits per heavy atom. The Hall–Kier alpha value is 0.845. The molecule has 2 radical (unpaired) electrons. The number of rotatable bonds is 0. The van der Waals surface area contributed by atoms with Crippen molar-refractivity contribution in [2.45, 2.75) is 0 Å². The minimum Gasteiger partial charge on any atom is 2.00 e. The van der Waals surface area contributed by atoms with E-state index in [1.807, 2.05) is 0 Å². The predicted octanol–water partition coefficient (Wildman–Crippen LogP) is -3.07. The van der Waals surface area contributed by atoms with Crippen LogP contribution in [0.5, 0.6) is 0 Å². The van der Waals surface area contributed by atoms with Crippen LogP contribution in [0.25, 0.3) is 0 Å². The van der Waals surface area contributed by atoms with Crippen LogP contribution in [-0.2, 0) is 31.6 Å². The van der Waals surface area contributed by atoms with Crippen LogP contribution in [0.1, 0.15) is 0 Å². The molecule has 0 aromatic rings. The molecule has 0 bridgehead atoms. The molecule has 0 atom stereocenters. The van der Waals surface area contributed by atoms with E-state index in [0.29, 0.717) is 0 Å². The minimum atomic E-state index is -5.25. The van der Waals surface area contributed by atoms with Crippen LogP contribution in [0.2, 0.25) is 0 Å². The van der Waals surface area contributed by atoms with Gasteiger partial charge in [0.05, 0.1) is 0 Å². The van der Waals surface area contributed by atoms with E-state index in [2.05, 4.69) is 0 Å². The molecule has 2 N–H and O–H groups in total. The van der Waals surface area contributed by atoms with E-state index in [0.717, 1.165) is 0 Å². The molecule has 0 aromatic carbocycles. The smallest absolute Gasteiger partial charge is 2.00 e. The second-order valence-electron chi connectivity index (χ2n) is 0.856. The Balaban J connectivity index is -0.000000107. The summed E-state index contributed by atoms with van der Waals surface area (Å²) in [7, 11) is -5.17. The van der Waals surface area contributed by atoms with Crippen molar-refractivity contribution in [3.63, 3.8) is 0 Å². The van der Waals surface area contributed by atoms with Gasteiger partial charge in [0.1, 0.15) is 0 Å². The number of hydrogen-bond donors (Lipinski definition) is 2. The Kier molecular flexibility index (Phi) is 10.3. The Morgan fingerprint density at radius 2 is 1.09 bits per heavy atom. The van der Waals surface area contributed by atoms with Crippen LogP contribution in [0.3, 0.4) is 0 Å². The summed E-state index contributed by atoms with van der Waals surface area (Å²) in [5, 5.41) is 0. The first kappa shape index (κ1) is 17.8. The van der Waals surface area contributed by atoms with Crippen LogP contribution in [-0.4, -0.2) is 53.1 Å². The molecule has 0 saturated heterocycles. The molecule has 66 valence electrons. The maximum Gasteiger partial charge on any atom is 2.00 e. The first-order chi connectivity index (χ1) is 4.00. The molecule has 0 aliphatic heterocycles. The SMILES string of the molecule is O=S(=O)([O-])[O-].[O]=[Cr](=[O])([OH])[OH].[Pb+2]. The van der Waals surface area contributed by atoms with Gasteiger partial charge in [0.15, 0.2) is 0 Å². The van der Waals surface area contributed by atoms with Gasteiger partial charge in [0, 0.05) is 10.4 Å². The Bertz CT molecular complexity index is 210. The van der Waals surface area contributed by atoms with E-state index in [1.54, 1.807) is 0 Å². The molecule has 0 aliphatic carbocycles. The van der Waals surface area contributed by atoms with Crippen LogP contribution in [0.4, 0.5) is 0 Å². The molecule has 0 spiro atoms. The van der Waals surface area contributed by atoms with Crippen molar-refractivity contribution in [2.75, 3.05) is 0 Å². The van der Waals surface area contributed by atoms with E-state index >= 15 is 0 Å². The van der Waals surface area contributed by atoms with Crippen molar-refractivity contribution in [3.05, 3.63) is 0 Å². The zero-order chi connectivity index (χ0) is 9.00. The third-order valence-corrected chi connectivity index (χ3v) is 0. The first-order valence-electron chi connectivity index (χ1n) is 1.37. The Labute approximate surface area is 84.4 Å². The van der Waals surface area contributed by atoms with Gasteiger partial charge < -0.3 is 9.11 Å². The summed E-state index contributed by atoms with van der Waals surface area (Å²) in [6.45, 7) is 0. The van der Waals surface area contributed by atoms with E-state index < -0.39 is 24.0 Å². The average Bonchev–Trinajstić information content (AvgIpc) is 1.12. The van der Waals surface area contributed by atoms with Crippen molar-refractivity contribution >= 4 is 37.7 Å². The molecule has 0 unspecified atom stereocenters. The number of hydrogen-bond acceptors (Lipinski definition) is 6. The van der Waals surface area contributed by atoms with Crippen molar-refractivity contribution < 1.29 is 47.1 Å². The molecule has 0 amide bonds. The van der Waals surface area contributed by atoms with Crippen molar-refractivity contribution in [1.29, 1.82) is 0 Å². The van der Waals surface area contributed by atoms with Gasteiger partial charge in [0.25, 0.3) is 0 Å². The van der Waals surface area contributed by atoms with Gasteiger partial charge in [-0.1, -0.05) is 0 Å². The summed E-state index contributed by atoms with van der Waals surface area (Å²) in [4.78, 5) is 0. The van der Waals surface area contributed by atoms with Gasteiger partial charge in [-0.3, -0.25) is 8.42 Å². The molecule has 11 heavy (non-hydrogen) atoms. The van der Waals surface area contributed by atoms with Gasteiger partial charge in [-0.05, 0) is 0 Å². The van der Waals surface area contributed by atoms with Crippen molar-refractivity contribution in [2.24, 2.45) is 0 Å². The standard InChI is InChI=1S/Cr.H2O4S.2H2O.2O.Pb/c;1-5(2,3)4;;;;;/h;(H2,1,2,3,4);2*1H2;;;/q+2;;;;;;+2/p-4. The summed E-state index contributed by atoms with van der Waals surface area (Å²) in [6.07, 6.45) is 0. The monoisotopic (exact) mass is 422 g/mol. The maximum atomic E-state index is 8.82. The van der Waals surface area contributed by atoms with Crippen molar-refractivity contribution in [3.8, 4) is 0 Å². The molecule has 11 heteroatoms. The third-order valence-electron chi connectivity index (χ3n) is 0. The fourth-order valence-corrected chi connectivity index (χ4v) is 0. The van der Waals surface area contributed by atoms with Gasteiger partial charge >= 0.3 is 56.8 Å². The molecule has 0 heterocycles. The van der Waals surface area contributed by atoms with E-state index in [-0.39, 0.29) is 27.3 Å². The summed E-state index contributed by atoms with van der Waals surface area (Å²) in [6, 6.07) is 0. The first-order valence-corrected chi connectivity index (χ1v) is 4.88. The van der Waals surface area contributed by atoms with Crippen LogP contribution in [0.15, 0.2) is 0 Å². The fraction of sp³-hybridized carbons (Fsp3) is 0.